The summed E-state index contributed by atoms with van der Waals surface area (Å²) in [7, 11) is 0. The summed E-state index contributed by atoms with van der Waals surface area (Å²) in [5.74, 6) is -10.5. The van der Waals surface area contributed by atoms with E-state index in [0.717, 1.165) is 24.8 Å². The molecule has 0 aromatic heterocycles. The molecule has 1 aromatic rings. The molecule has 0 saturated carbocycles. The highest BCUT2D eigenvalue weighted by atomic mass is 19.4. The van der Waals surface area contributed by atoms with Crippen LogP contribution in [0, 0.1) is 5.92 Å². The third-order valence-corrected chi connectivity index (χ3v) is 7.54. The van der Waals surface area contributed by atoms with E-state index in [-0.39, 0.29) is 62.0 Å². The van der Waals surface area contributed by atoms with Gasteiger partial charge in [0.1, 0.15) is 18.1 Å². The largest absolute Gasteiger partial charge is 0.490 e. The van der Waals surface area contributed by atoms with Crippen LogP contribution >= 0.6 is 0 Å². The van der Waals surface area contributed by atoms with Gasteiger partial charge >= 0.3 is 36.4 Å². The van der Waals surface area contributed by atoms with Gasteiger partial charge in [0.2, 0.25) is 23.6 Å². The highest BCUT2D eigenvalue weighted by Gasteiger charge is 2.39. The number of amides is 4. The molecule has 0 aliphatic heterocycles. The molecule has 0 unspecified atom stereocenters. The first-order valence-electron chi connectivity index (χ1n) is 19.2. The van der Waals surface area contributed by atoms with Gasteiger partial charge in [-0.05, 0) is 56.6 Å². The van der Waals surface area contributed by atoms with Gasteiger partial charge in [0.25, 0.3) is 0 Å². The Labute approximate surface area is 371 Å². The van der Waals surface area contributed by atoms with Crippen LogP contribution in [0.3, 0.4) is 0 Å². The normalized spacial score (nSPS) is 12.3. The number of aliphatic imine (C=N–C) groups is 2. The number of aliphatic carboxylic acids is 3. The number of unbranched alkanes of at least 4 members (excludes halogenated alkanes) is 2. The first-order valence-corrected chi connectivity index (χ1v) is 19.2. The lowest BCUT2D eigenvalue weighted by molar-refractivity contribution is -0.193. The third kappa shape index (κ3) is 34.8. The van der Waals surface area contributed by atoms with Crippen molar-refractivity contribution >= 4 is 53.5 Å². The number of nitrogens with two attached hydrogens (primary N) is 5. The van der Waals surface area contributed by atoms with Gasteiger partial charge in [-0.2, -0.15) is 39.5 Å². The quantitative estimate of drug-likeness (QED) is 0.0328. The Morgan fingerprint density at radius 2 is 1.00 bits per heavy atom. The lowest BCUT2D eigenvalue weighted by Crippen LogP contribution is -2.58. The van der Waals surface area contributed by atoms with Gasteiger partial charge < -0.3 is 65.3 Å². The van der Waals surface area contributed by atoms with E-state index in [4.69, 9.17) is 58.4 Å². The summed E-state index contributed by atoms with van der Waals surface area (Å²) in [5, 5.41) is 32.6. The molecule has 66 heavy (non-hydrogen) atoms. The number of rotatable bonds is 22. The molecule has 378 valence electrons. The molecule has 4 amide bonds. The summed E-state index contributed by atoms with van der Waals surface area (Å²) < 4.78 is 95.2. The smallest absolute Gasteiger partial charge is 0.475 e. The van der Waals surface area contributed by atoms with Crippen LogP contribution in [0.2, 0.25) is 0 Å². The van der Waals surface area contributed by atoms with Crippen LogP contribution in [-0.4, -0.2) is 132 Å². The first kappa shape index (κ1) is 63.7. The number of benzene rings is 1. The summed E-state index contributed by atoms with van der Waals surface area (Å²) in [4.78, 5) is 87.4. The second kappa shape index (κ2) is 32.9. The maximum absolute atomic E-state index is 13.5. The van der Waals surface area contributed by atoms with Gasteiger partial charge in [0.15, 0.2) is 11.9 Å². The number of carbonyl (C=O) groups excluding carboxylic acids is 4. The molecule has 0 aliphatic carbocycles. The molecule has 0 saturated heterocycles. The zero-order valence-electron chi connectivity index (χ0n) is 35.6. The molecule has 30 heteroatoms. The van der Waals surface area contributed by atoms with E-state index < -0.39 is 66.4 Å². The number of guanidine groups is 2. The Morgan fingerprint density at radius 3 is 1.36 bits per heavy atom. The molecular formula is C36H56F9N11O10. The molecule has 0 fully saturated rings. The van der Waals surface area contributed by atoms with Gasteiger partial charge in [-0.15, -0.1) is 0 Å². The minimum atomic E-state index is -5.08. The van der Waals surface area contributed by atoms with Crippen molar-refractivity contribution in [3.05, 3.63) is 35.9 Å². The van der Waals surface area contributed by atoms with Crippen LogP contribution < -0.4 is 49.9 Å². The number of alkyl halides is 9. The standard InChI is InChI=1S/C30H53N11O4.3C2HF3O2/c1-20(2)25(28(45)40-22(13-9-17-37-29(32)33)26(43)36-16-8-4-7-15-31)41-27(44)23(14-10-18-38-30(34)35)39-24(42)19-21-11-5-3-6-12-21;3*3-2(4,5)1(6)7/h3,5-6,11-12,20,22-23,25H,4,7-10,13-19,31H2,1-2H3,(H,36,43)(H,39,42)(H,40,45)(H,41,44)(H4,32,33,37)(H4,34,35,38);3*(H,6,7)/t22-,23-,25-;;;/m0.../s1. The number of hydrogen-bond acceptors (Lipinski definition) is 10. The van der Waals surface area contributed by atoms with Crippen molar-refractivity contribution in [2.24, 2.45) is 44.6 Å². The van der Waals surface area contributed by atoms with Gasteiger partial charge in [0, 0.05) is 19.6 Å². The van der Waals surface area contributed by atoms with Crippen molar-refractivity contribution in [3.8, 4) is 0 Å². The summed E-state index contributed by atoms with van der Waals surface area (Å²) in [6.45, 7) is 5.11. The molecule has 0 bridgehead atoms. The van der Waals surface area contributed by atoms with Crippen LogP contribution in [0.25, 0.3) is 0 Å². The molecule has 0 aliphatic rings. The van der Waals surface area contributed by atoms with Crippen molar-refractivity contribution in [1.82, 2.24) is 21.3 Å². The third-order valence-electron chi connectivity index (χ3n) is 7.54. The molecule has 1 aromatic carbocycles. The number of carboxylic acid groups (broad SMARTS) is 3. The number of carbonyl (C=O) groups is 7. The highest BCUT2D eigenvalue weighted by Crippen LogP contribution is 2.15. The number of halogens is 9. The van der Waals surface area contributed by atoms with Crippen molar-refractivity contribution in [3.63, 3.8) is 0 Å². The van der Waals surface area contributed by atoms with E-state index in [1.54, 1.807) is 13.8 Å². The summed E-state index contributed by atoms with van der Waals surface area (Å²) in [6.07, 6.45) is -11.3. The Hall–Kier alpha value is -6.62. The fourth-order valence-corrected chi connectivity index (χ4v) is 4.40. The zero-order chi connectivity index (χ0) is 51.8. The van der Waals surface area contributed by atoms with Crippen molar-refractivity contribution in [2.75, 3.05) is 26.2 Å². The molecule has 1 rings (SSSR count). The molecule has 0 heterocycles. The molecule has 17 N–H and O–H groups in total. The van der Waals surface area contributed by atoms with Crippen molar-refractivity contribution < 1.29 is 88.4 Å². The maximum Gasteiger partial charge on any atom is 0.490 e. The Kier molecular flexibility index (Phi) is 31.8. The fourth-order valence-electron chi connectivity index (χ4n) is 4.40. The van der Waals surface area contributed by atoms with Crippen LogP contribution in [0.15, 0.2) is 40.3 Å². The number of carboxylic acids is 3. The Morgan fingerprint density at radius 1 is 0.591 bits per heavy atom. The van der Waals surface area contributed by atoms with Crippen LogP contribution in [0.1, 0.15) is 64.4 Å². The summed E-state index contributed by atoms with van der Waals surface area (Å²) >= 11 is 0. The molecule has 3 atom stereocenters. The Bertz CT molecular complexity index is 1650. The summed E-state index contributed by atoms with van der Waals surface area (Å²) in [5.41, 5.74) is 28.0. The van der Waals surface area contributed by atoms with E-state index in [0.29, 0.717) is 25.9 Å². The van der Waals surface area contributed by atoms with Crippen LogP contribution in [-0.2, 0) is 40.0 Å². The molecule has 0 spiro atoms. The minimum Gasteiger partial charge on any atom is -0.475 e. The molecule has 0 radical (unpaired) electrons. The monoisotopic (exact) mass is 973 g/mol. The lowest BCUT2D eigenvalue weighted by atomic mass is 10.0. The second-order valence-electron chi connectivity index (χ2n) is 13.5. The number of nitrogens with zero attached hydrogens (tertiary/aromatic N) is 2. The average molecular weight is 974 g/mol. The van der Waals surface area contributed by atoms with E-state index in [1.807, 2.05) is 30.3 Å². The predicted octanol–water partition coefficient (Wildman–Crippen LogP) is 0.592. The van der Waals surface area contributed by atoms with Crippen LogP contribution in [0.5, 0.6) is 0 Å². The molecular weight excluding hydrogens is 917 g/mol. The van der Waals surface area contributed by atoms with Gasteiger partial charge in [-0.1, -0.05) is 50.6 Å². The number of hydrogen-bond donors (Lipinski definition) is 12. The van der Waals surface area contributed by atoms with Gasteiger partial charge in [-0.3, -0.25) is 29.2 Å². The van der Waals surface area contributed by atoms with Crippen molar-refractivity contribution in [1.29, 1.82) is 0 Å². The fraction of sp³-hybridized carbons (Fsp3) is 0.583. The second-order valence-corrected chi connectivity index (χ2v) is 13.5. The SMILES string of the molecule is CC(C)[C@H](NC(=O)[C@H](CCCN=C(N)N)NC(=O)Cc1ccccc1)C(=O)N[C@@H](CCCN=C(N)N)C(=O)NCCCCCN.O=C(O)C(F)(F)F.O=C(O)C(F)(F)F.O=C(O)C(F)(F)F. The van der Waals surface area contributed by atoms with Gasteiger partial charge in [0.05, 0.1) is 6.42 Å². The number of nitrogens with one attached hydrogen (secondary N) is 4. The lowest BCUT2D eigenvalue weighted by Gasteiger charge is -2.27. The van der Waals surface area contributed by atoms with Crippen LogP contribution in [0.4, 0.5) is 39.5 Å². The topological polar surface area (TPSA) is 383 Å². The predicted molar refractivity (Wildman–Crippen MR) is 218 cm³/mol. The summed E-state index contributed by atoms with van der Waals surface area (Å²) in [6, 6.07) is 6.32. The minimum absolute atomic E-state index is 0.0637. The van der Waals surface area contributed by atoms with E-state index >= 15 is 0 Å². The highest BCUT2D eigenvalue weighted by molar-refractivity contribution is 5.94. The van der Waals surface area contributed by atoms with Gasteiger partial charge in [-0.25, -0.2) is 14.4 Å². The van der Waals surface area contributed by atoms with E-state index in [2.05, 4.69) is 31.3 Å². The van der Waals surface area contributed by atoms with Crippen molar-refractivity contribution in [2.45, 2.75) is 102 Å². The molecule has 21 nitrogen and oxygen atoms in total. The average Bonchev–Trinajstić information content (AvgIpc) is 3.18. The maximum atomic E-state index is 13.5. The van der Waals surface area contributed by atoms with E-state index in [1.165, 1.54) is 0 Å². The first-order chi connectivity index (χ1) is 30.3. The zero-order valence-corrected chi connectivity index (χ0v) is 35.6. The Balaban J connectivity index is -0.00000154. The van der Waals surface area contributed by atoms with E-state index in [9.17, 15) is 58.7 Å².